The van der Waals surface area contributed by atoms with Gasteiger partial charge >= 0.3 is 0 Å². The summed E-state index contributed by atoms with van der Waals surface area (Å²) in [4.78, 5) is 0. The SMILES string of the molecule is CC(C)(C)CC(C)(C)OC(C)(C)CC(C)(C)COS(=O)[O-]. The van der Waals surface area contributed by atoms with Gasteiger partial charge in [0.2, 0.25) is 0 Å². The van der Waals surface area contributed by atoms with Crippen LogP contribution < -0.4 is 0 Å². The fraction of sp³-hybridized carbons (Fsp3) is 1.00. The van der Waals surface area contributed by atoms with E-state index in [1.54, 1.807) is 0 Å². The molecule has 0 heterocycles. The first-order valence-electron chi connectivity index (χ1n) is 7.46. The minimum Gasteiger partial charge on any atom is -0.750 e. The molecule has 0 aliphatic heterocycles. The molecule has 0 aromatic rings. The van der Waals surface area contributed by atoms with Crippen LogP contribution in [-0.2, 0) is 20.3 Å². The van der Waals surface area contributed by atoms with Crippen molar-refractivity contribution >= 4 is 11.4 Å². The smallest absolute Gasteiger partial charge is 0.0842 e. The zero-order valence-electron chi connectivity index (χ0n) is 15.2. The van der Waals surface area contributed by atoms with Crippen molar-refractivity contribution in [3.63, 3.8) is 0 Å². The Bertz CT molecular complexity index is 354. The molecule has 0 aliphatic rings. The summed E-state index contributed by atoms with van der Waals surface area (Å²) < 4.78 is 32.1. The average Bonchev–Trinajstić information content (AvgIpc) is 2.05. The summed E-state index contributed by atoms with van der Waals surface area (Å²) in [6, 6.07) is 0. The first kappa shape index (κ1) is 21.0. The molecule has 0 saturated carbocycles. The molecule has 0 bridgehead atoms. The van der Waals surface area contributed by atoms with Crippen LogP contribution in [0.25, 0.3) is 0 Å². The van der Waals surface area contributed by atoms with Gasteiger partial charge in [-0.3, -0.25) is 0 Å². The molecule has 21 heavy (non-hydrogen) atoms. The normalized spacial score (nSPS) is 16.1. The minimum atomic E-state index is -2.46. The van der Waals surface area contributed by atoms with Crippen molar-refractivity contribution in [3.8, 4) is 0 Å². The molecule has 5 heteroatoms. The molecule has 128 valence electrons. The lowest BCUT2D eigenvalue weighted by Crippen LogP contribution is -2.42. The molecule has 0 saturated heterocycles. The van der Waals surface area contributed by atoms with Crippen molar-refractivity contribution < 1.29 is 17.7 Å². The van der Waals surface area contributed by atoms with Gasteiger partial charge in [-0.15, -0.1) is 0 Å². The van der Waals surface area contributed by atoms with Gasteiger partial charge in [0, 0.05) is 0 Å². The highest BCUT2D eigenvalue weighted by Crippen LogP contribution is 2.37. The topological polar surface area (TPSA) is 58.6 Å². The van der Waals surface area contributed by atoms with Crippen LogP contribution in [0.3, 0.4) is 0 Å². The molecule has 0 spiro atoms. The van der Waals surface area contributed by atoms with Gasteiger partial charge in [0.25, 0.3) is 0 Å². The van der Waals surface area contributed by atoms with Crippen LogP contribution in [0.1, 0.15) is 75.2 Å². The second-order valence-corrected chi connectivity index (χ2v) is 9.81. The lowest BCUT2D eigenvalue weighted by atomic mass is 9.80. The van der Waals surface area contributed by atoms with E-state index in [0.717, 1.165) is 6.42 Å². The highest BCUT2D eigenvalue weighted by Gasteiger charge is 2.36. The molecule has 0 rings (SSSR count). The quantitative estimate of drug-likeness (QED) is 0.628. The van der Waals surface area contributed by atoms with Gasteiger partial charge in [-0.1, -0.05) is 34.6 Å². The number of ether oxygens (including phenoxy) is 1. The molecule has 0 aliphatic carbocycles. The predicted octanol–water partition coefficient (Wildman–Crippen LogP) is 4.22. The van der Waals surface area contributed by atoms with Gasteiger partial charge in [0.15, 0.2) is 0 Å². The van der Waals surface area contributed by atoms with Gasteiger partial charge in [-0.05, 0) is 51.4 Å². The van der Waals surface area contributed by atoms with Gasteiger partial charge in [0.05, 0.1) is 29.2 Å². The van der Waals surface area contributed by atoms with Crippen molar-refractivity contribution in [3.05, 3.63) is 0 Å². The van der Waals surface area contributed by atoms with Crippen LogP contribution in [0, 0.1) is 10.8 Å². The van der Waals surface area contributed by atoms with E-state index in [4.69, 9.17) is 8.92 Å². The standard InChI is InChI=1S/C16H34O4S/c1-13(2,3)10-15(6,7)20-16(8,9)11-14(4,5)12-19-21(17)18/h10-12H2,1-9H3,(H,17,18)/p-1. The summed E-state index contributed by atoms with van der Waals surface area (Å²) >= 11 is -2.46. The third-order valence-electron chi connectivity index (χ3n) is 2.96. The van der Waals surface area contributed by atoms with E-state index < -0.39 is 11.4 Å². The van der Waals surface area contributed by atoms with Gasteiger partial charge in [-0.25, -0.2) is 4.21 Å². The summed E-state index contributed by atoms with van der Waals surface area (Å²) in [5, 5.41) is 0. The Morgan fingerprint density at radius 3 is 1.67 bits per heavy atom. The van der Waals surface area contributed by atoms with Crippen LogP contribution in [0.4, 0.5) is 0 Å². The molecule has 0 aromatic heterocycles. The monoisotopic (exact) mass is 321 g/mol. The van der Waals surface area contributed by atoms with E-state index in [0.29, 0.717) is 6.42 Å². The molecule has 0 fully saturated rings. The Balaban J connectivity index is 4.71. The summed E-state index contributed by atoms with van der Waals surface area (Å²) in [7, 11) is 0. The van der Waals surface area contributed by atoms with Crippen LogP contribution >= 0.6 is 0 Å². The third kappa shape index (κ3) is 11.3. The van der Waals surface area contributed by atoms with Crippen molar-refractivity contribution in [2.45, 2.75) is 86.4 Å². The minimum absolute atomic E-state index is 0.162. The fourth-order valence-electron chi connectivity index (χ4n) is 3.51. The highest BCUT2D eigenvalue weighted by molar-refractivity contribution is 7.74. The molecule has 0 radical (unpaired) electrons. The molecule has 1 atom stereocenters. The Morgan fingerprint density at radius 2 is 1.29 bits per heavy atom. The average molecular weight is 322 g/mol. The van der Waals surface area contributed by atoms with Crippen LogP contribution in [0.2, 0.25) is 0 Å². The molecule has 0 aromatic carbocycles. The van der Waals surface area contributed by atoms with Crippen LogP contribution in [0.15, 0.2) is 0 Å². The maximum absolute atomic E-state index is 10.5. The summed E-state index contributed by atoms with van der Waals surface area (Å²) in [6.07, 6.45) is 1.66. The molecule has 4 nitrogen and oxygen atoms in total. The fourth-order valence-corrected chi connectivity index (χ4v) is 3.92. The van der Waals surface area contributed by atoms with Gasteiger partial charge < -0.3 is 13.5 Å². The lowest BCUT2D eigenvalue weighted by molar-refractivity contribution is -0.152. The Labute approximate surface area is 133 Å². The van der Waals surface area contributed by atoms with E-state index in [-0.39, 0.29) is 28.6 Å². The van der Waals surface area contributed by atoms with Crippen LogP contribution in [0.5, 0.6) is 0 Å². The predicted molar refractivity (Wildman–Crippen MR) is 86.6 cm³/mol. The number of rotatable bonds is 8. The summed E-state index contributed by atoms with van der Waals surface area (Å²) in [6.45, 7) is 19.1. The molecular formula is C16H33O4S-. The highest BCUT2D eigenvalue weighted by atomic mass is 32.2. The second kappa shape index (κ2) is 7.07. The Kier molecular flexibility index (Phi) is 7.08. The zero-order chi connectivity index (χ0) is 17.1. The van der Waals surface area contributed by atoms with Gasteiger partial charge in [-0.2, -0.15) is 0 Å². The maximum Gasteiger partial charge on any atom is 0.0842 e. The van der Waals surface area contributed by atoms with Gasteiger partial charge in [0.1, 0.15) is 0 Å². The van der Waals surface area contributed by atoms with Crippen molar-refractivity contribution in [1.82, 2.24) is 0 Å². The summed E-state index contributed by atoms with van der Waals surface area (Å²) in [5.74, 6) is 0. The van der Waals surface area contributed by atoms with Crippen LogP contribution in [-0.4, -0.2) is 26.6 Å². The molecule has 0 N–H and O–H groups in total. The molecule has 1 unspecified atom stereocenters. The molecular weight excluding hydrogens is 288 g/mol. The third-order valence-corrected chi connectivity index (χ3v) is 3.27. The summed E-state index contributed by atoms with van der Waals surface area (Å²) in [5.41, 5.74) is -0.676. The Morgan fingerprint density at radius 1 is 0.857 bits per heavy atom. The lowest BCUT2D eigenvalue weighted by Gasteiger charge is -2.42. The first-order chi connectivity index (χ1) is 9.04. The van der Waals surface area contributed by atoms with E-state index >= 15 is 0 Å². The first-order valence-corrected chi connectivity index (χ1v) is 8.46. The van der Waals surface area contributed by atoms with E-state index in [2.05, 4.69) is 34.6 Å². The largest absolute Gasteiger partial charge is 0.750 e. The van der Waals surface area contributed by atoms with Crippen molar-refractivity contribution in [2.75, 3.05) is 6.61 Å². The maximum atomic E-state index is 10.5. The van der Waals surface area contributed by atoms with E-state index in [9.17, 15) is 8.76 Å². The van der Waals surface area contributed by atoms with Crippen molar-refractivity contribution in [2.24, 2.45) is 10.8 Å². The van der Waals surface area contributed by atoms with E-state index in [1.165, 1.54) is 0 Å². The second-order valence-electron chi connectivity index (χ2n) is 9.17. The van der Waals surface area contributed by atoms with E-state index in [1.807, 2.05) is 27.7 Å². The zero-order valence-corrected chi connectivity index (χ0v) is 16.0. The molecule has 0 amide bonds. The van der Waals surface area contributed by atoms with Crippen molar-refractivity contribution in [1.29, 1.82) is 0 Å². The number of hydrogen-bond acceptors (Lipinski definition) is 4. The Hall–Kier alpha value is 0.0300. The number of hydrogen-bond donors (Lipinski definition) is 0.